The maximum Gasteiger partial charge on any atom is 0.242 e. The van der Waals surface area contributed by atoms with Crippen LogP contribution in [0.5, 0.6) is 0 Å². The molecule has 6 nitrogen and oxygen atoms in total. The van der Waals surface area contributed by atoms with Crippen LogP contribution < -0.4 is 5.32 Å². The quantitative estimate of drug-likeness (QED) is 0.602. The maximum absolute atomic E-state index is 12.0. The third kappa shape index (κ3) is 2.50. The first kappa shape index (κ1) is 11.3. The first-order chi connectivity index (χ1) is 7.81. The minimum absolute atomic E-state index is 0.00301. The van der Waals surface area contributed by atoms with E-state index in [9.17, 15) is 4.79 Å². The molecule has 0 aliphatic carbocycles. The summed E-state index contributed by atoms with van der Waals surface area (Å²) in [7, 11) is 0. The molecule has 0 radical (unpaired) electrons. The van der Waals surface area contributed by atoms with E-state index in [2.05, 4.69) is 5.32 Å². The number of carbonyl (C=O) groups is 1. The standard InChI is InChI=1S/C10H15N3O3/c11-5-8-6-13(2-4-16-8)10(14)9-7-15-3-1-12-9/h8-9,12H,1-4,6-7H2. The van der Waals surface area contributed by atoms with Gasteiger partial charge in [-0.3, -0.25) is 4.79 Å². The normalized spacial score (nSPS) is 30.8. The minimum atomic E-state index is -0.498. The van der Waals surface area contributed by atoms with Crippen molar-refractivity contribution in [2.75, 3.05) is 39.5 Å². The molecule has 0 saturated carbocycles. The molecule has 2 saturated heterocycles. The second kappa shape index (κ2) is 5.25. The highest BCUT2D eigenvalue weighted by Crippen LogP contribution is 2.07. The fourth-order valence-electron chi connectivity index (χ4n) is 1.87. The average Bonchev–Trinajstić information content (AvgIpc) is 2.39. The summed E-state index contributed by atoms with van der Waals surface area (Å²) in [6.45, 7) is 3.09. The van der Waals surface area contributed by atoms with Crippen LogP contribution in [-0.4, -0.2) is 62.4 Å². The van der Waals surface area contributed by atoms with E-state index in [1.807, 2.05) is 6.07 Å². The molecule has 1 amide bonds. The van der Waals surface area contributed by atoms with Crippen LogP contribution in [-0.2, 0) is 14.3 Å². The first-order valence-corrected chi connectivity index (χ1v) is 5.42. The predicted molar refractivity (Wildman–Crippen MR) is 54.5 cm³/mol. The van der Waals surface area contributed by atoms with Crippen molar-refractivity contribution in [1.82, 2.24) is 10.2 Å². The average molecular weight is 225 g/mol. The molecular formula is C10H15N3O3. The van der Waals surface area contributed by atoms with Crippen LogP contribution in [0.15, 0.2) is 0 Å². The zero-order chi connectivity index (χ0) is 11.4. The molecule has 16 heavy (non-hydrogen) atoms. The summed E-state index contributed by atoms with van der Waals surface area (Å²) in [6.07, 6.45) is -0.498. The Morgan fingerprint density at radius 3 is 3.06 bits per heavy atom. The Morgan fingerprint density at radius 2 is 2.38 bits per heavy atom. The highest BCUT2D eigenvalue weighted by molar-refractivity contribution is 5.82. The van der Waals surface area contributed by atoms with E-state index in [1.54, 1.807) is 4.90 Å². The zero-order valence-electron chi connectivity index (χ0n) is 9.02. The molecular weight excluding hydrogens is 210 g/mol. The van der Waals surface area contributed by atoms with Crippen LogP contribution >= 0.6 is 0 Å². The number of morpholine rings is 2. The molecule has 0 spiro atoms. The van der Waals surface area contributed by atoms with Gasteiger partial charge in [0.25, 0.3) is 0 Å². The van der Waals surface area contributed by atoms with Gasteiger partial charge in [-0.1, -0.05) is 0 Å². The molecule has 0 bridgehead atoms. The second-order valence-electron chi connectivity index (χ2n) is 3.85. The molecule has 2 heterocycles. The molecule has 2 rings (SSSR count). The maximum atomic E-state index is 12.0. The summed E-state index contributed by atoms with van der Waals surface area (Å²) in [5.41, 5.74) is 0. The van der Waals surface area contributed by atoms with Gasteiger partial charge in [0.1, 0.15) is 6.04 Å². The van der Waals surface area contributed by atoms with E-state index in [0.717, 1.165) is 0 Å². The van der Waals surface area contributed by atoms with Crippen molar-refractivity contribution in [3.8, 4) is 6.07 Å². The van der Waals surface area contributed by atoms with Gasteiger partial charge in [-0.15, -0.1) is 0 Å². The fraction of sp³-hybridized carbons (Fsp3) is 0.800. The lowest BCUT2D eigenvalue weighted by molar-refractivity contribution is -0.142. The molecule has 0 aromatic carbocycles. The summed E-state index contributed by atoms with van der Waals surface area (Å²) in [4.78, 5) is 13.7. The van der Waals surface area contributed by atoms with E-state index in [4.69, 9.17) is 14.7 Å². The van der Waals surface area contributed by atoms with Crippen LogP contribution in [0.4, 0.5) is 0 Å². The Morgan fingerprint density at radius 1 is 1.50 bits per heavy atom. The lowest BCUT2D eigenvalue weighted by atomic mass is 10.2. The van der Waals surface area contributed by atoms with Gasteiger partial charge in [0.2, 0.25) is 5.91 Å². The molecule has 2 aliphatic rings. The van der Waals surface area contributed by atoms with Gasteiger partial charge in [-0.25, -0.2) is 0 Å². The van der Waals surface area contributed by atoms with Crippen molar-refractivity contribution >= 4 is 5.91 Å². The molecule has 88 valence electrons. The summed E-state index contributed by atoms with van der Waals surface area (Å²) >= 11 is 0. The van der Waals surface area contributed by atoms with Gasteiger partial charge < -0.3 is 19.7 Å². The van der Waals surface area contributed by atoms with Crippen molar-refractivity contribution in [3.05, 3.63) is 0 Å². The number of amides is 1. The van der Waals surface area contributed by atoms with Crippen LogP contribution in [0.2, 0.25) is 0 Å². The van der Waals surface area contributed by atoms with Gasteiger partial charge in [0.15, 0.2) is 6.10 Å². The SMILES string of the molecule is N#CC1CN(C(=O)C2COCCN2)CCO1. The Kier molecular flexibility index (Phi) is 3.72. The monoisotopic (exact) mass is 225 g/mol. The number of nitrogens with one attached hydrogen (secondary N) is 1. The van der Waals surface area contributed by atoms with Gasteiger partial charge >= 0.3 is 0 Å². The van der Waals surface area contributed by atoms with E-state index >= 15 is 0 Å². The lowest BCUT2D eigenvalue weighted by Crippen LogP contribution is -2.56. The lowest BCUT2D eigenvalue weighted by Gasteiger charge is -2.33. The molecule has 2 aliphatic heterocycles. The molecule has 0 aromatic heterocycles. The molecule has 6 heteroatoms. The second-order valence-corrected chi connectivity index (χ2v) is 3.85. The van der Waals surface area contributed by atoms with Crippen LogP contribution in [0.25, 0.3) is 0 Å². The highest BCUT2D eigenvalue weighted by atomic mass is 16.5. The van der Waals surface area contributed by atoms with Gasteiger partial charge in [-0.05, 0) is 0 Å². The zero-order valence-corrected chi connectivity index (χ0v) is 9.02. The van der Waals surface area contributed by atoms with E-state index < -0.39 is 6.10 Å². The Hall–Kier alpha value is -1.16. The van der Waals surface area contributed by atoms with Crippen molar-refractivity contribution < 1.29 is 14.3 Å². The van der Waals surface area contributed by atoms with Crippen molar-refractivity contribution in [2.45, 2.75) is 12.1 Å². The van der Waals surface area contributed by atoms with Crippen molar-refractivity contribution in [3.63, 3.8) is 0 Å². The summed E-state index contributed by atoms with van der Waals surface area (Å²) in [6, 6.07) is 1.75. The summed E-state index contributed by atoms with van der Waals surface area (Å²) in [5, 5.41) is 11.9. The summed E-state index contributed by atoms with van der Waals surface area (Å²) < 4.78 is 10.4. The molecule has 1 N–H and O–H groups in total. The van der Waals surface area contributed by atoms with E-state index in [0.29, 0.717) is 39.5 Å². The third-order valence-electron chi connectivity index (χ3n) is 2.74. The Bertz CT molecular complexity index is 296. The third-order valence-corrected chi connectivity index (χ3v) is 2.74. The summed E-state index contributed by atoms with van der Waals surface area (Å²) in [5.74, 6) is 0.00301. The Balaban J connectivity index is 1.90. The van der Waals surface area contributed by atoms with Crippen molar-refractivity contribution in [1.29, 1.82) is 5.26 Å². The number of hydrogen-bond acceptors (Lipinski definition) is 5. The van der Waals surface area contributed by atoms with Crippen LogP contribution in [0.1, 0.15) is 0 Å². The van der Waals surface area contributed by atoms with Gasteiger partial charge in [-0.2, -0.15) is 5.26 Å². The molecule has 0 aromatic rings. The predicted octanol–water partition coefficient (Wildman–Crippen LogP) is -1.27. The highest BCUT2D eigenvalue weighted by Gasteiger charge is 2.30. The van der Waals surface area contributed by atoms with Gasteiger partial charge in [0, 0.05) is 13.1 Å². The van der Waals surface area contributed by atoms with E-state index in [-0.39, 0.29) is 11.9 Å². The first-order valence-electron chi connectivity index (χ1n) is 5.42. The number of rotatable bonds is 1. The molecule has 2 fully saturated rings. The smallest absolute Gasteiger partial charge is 0.242 e. The van der Waals surface area contributed by atoms with Crippen LogP contribution in [0, 0.1) is 11.3 Å². The minimum Gasteiger partial charge on any atom is -0.378 e. The number of ether oxygens (including phenoxy) is 2. The van der Waals surface area contributed by atoms with E-state index in [1.165, 1.54) is 0 Å². The number of hydrogen-bond donors (Lipinski definition) is 1. The molecule has 2 atom stereocenters. The fourth-order valence-corrected chi connectivity index (χ4v) is 1.87. The van der Waals surface area contributed by atoms with Gasteiger partial charge in [0.05, 0.1) is 32.4 Å². The van der Waals surface area contributed by atoms with Crippen molar-refractivity contribution in [2.24, 2.45) is 0 Å². The number of carbonyl (C=O) groups excluding carboxylic acids is 1. The number of nitrogens with zero attached hydrogens (tertiary/aromatic N) is 2. The molecule has 2 unspecified atom stereocenters. The largest absolute Gasteiger partial charge is 0.378 e. The Labute approximate surface area is 94.1 Å². The number of nitriles is 1. The van der Waals surface area contributed by atoms with Crippen LogP contribution in [0.3, 0.4) is 0 Å². The topological polar surface area (TPSA) is 74.6 Å².